The van der Waals surface area contributed by atoms with E-state index in [-0.39, 0.29) is 0 Å². The largest absolute Gasteiger partial charge is 0.316 e. The van der Waals surface area contributed by atoms with Gasteiger partial charge in [-0.2, -0.15) is 4.31 Å². The van der Waals surface area contributed by atoms with Crippen LogP contribution in [0.15, 0.2) is 52.5 Å². The van der Waals surface area contributed by atoms with Crippen LogP contribution in [-0.2, 0) is 15.8 Å². The molecule has 1 saturated heterocycles. The maximum Gasteiger partial charge on any atom is 0.243 e. The minimum atomic E-state index is -3.51. The topological polar surface area (TPSA) is 55.2 Å². The zero-order valence-electron chi connectivity index (χ0n) is 18.9. The molecule has 1 aromatic heterocycles. The summed E-state index contributed by atoms with van der Waals surface area (Å²) in [5.74, 6) is 1.17. The minimum Gasteiger partial charge on any atom is -0.316 e. The van der Waals surface area contributed by atoms with Gasteiger partial charge in [0.2, 0.25) is 10.0 Å². The second kappa shape index (κ2) is 9.61. The smallest absolute Gasteiger partial charge is 0.243 e. The Kier molecular flexibility index (Phi) is 6.76. The summed E-state index contributed by atoms with van der Waals surface area (Å²) >= 11 is 7.86. The Bertz CT molecular complexity index is 1250. The normalized spacial score (nSPS) is 20.6. The molecule has 5 nitrogen and oxygen atoms in total. The molecule has 0 N–H and O–H groups in total. The number of fused-ring (bicyclic) bond motifs is 1. The van der Waals surface area contributed by atoms with Gasteiger partial charge >= 0.3 is 0 Å². The molecule has 2 fully saturated rings. The lowest BCUT2D eigenvalue weighted by Gasteiger charge is -2.30. The van der Waals surface area contributed by atoms with Crippen LogP contribution in [0.25, 0.3) is 11.0 Å². The summed E-state index contributed by atoms with van der Waals surface area (Å²) in [7, 11) is -3.51. The van der Waals surface area contributed by atoms with Crippen molar-refractivity contribution in [2.75, 3.05) is 13.1 Å². The number of nitrogens with zero attached hydrogens (tertiary/aromatic N) is 3. The standard InChI is InChI=1S/C25H30ClN3O2S2/c1-18-6-5-13-28(16-18)33(30,31)22-11-12-24-23(15-22)27-25(29(24)21-9-2-3-10-21)32-17-19-7-4-8-20(26)14-19/h4,7-8,11-12,14-15,18,21H,2-3,5-6,9-10,13,16-17H2,1H3. The average molecular weight is 504 g/mol. The van der Waals surface area contributed by atoms with Crippen LogP contribution < -0.4 is 0 Å². The first kappa shape index (κ1) is 23.2. The number of rotatable bonds is 6. The highest BCUT2D eigenvalue weighted by Crippen LogP contribution is 2.38. The molecular weight excluding hydrogens is 474 g/mol. The molecule has 33 heavy (non-hydrogen) atoms. The lowest BCUT2D eigenvalue weighted by molar-refractivity contribution is 0.281. The second-order valence-corrected chi connectivity index (χ2v) is 12.7. The summed E-state index contributed by atoms with van der Waals surface area (Å²) in [5.41, 5.74) is 2.95. The van der Waals surface area contributed by atoms with E-state index in [0.29, 0.717) is 29.9 Å². The Hall–Kier alpha value is -1.54. The van der Waals surface area contributed by atoms with Crippen molar-refractivity contribution in [1.29, 1.82) is 0 Å². The lowest BCUT2D eigenvalue weighted by atomic mass is 10.0. The third-order valence-electron chi connectivity index (χ3n) is 6.83. The molecule has 0 bridgehead atoms. The summed E-state index contributed by atoms with van der Waals surface area (Å²) < 4.78 is 30.7. The Morgan fingerprint density at radius 2 is 1.91 bits per heavy atom. The van der Waals surface area contributed by atoms with E-state index in [2.05, 4.69) is 17.6 Å². The van der Waals surface area contributed by atoms with Crippen LogP contribution in [0.1, 0.15) is 57.1 Å². The fraction of sp³-hybridized carbons (Fsp3) is 0.480. The van der Waals surface area contributed by atoms with Gasteiger partial charge in [-0.3, -0.25) is 0 Å². The second-order valence-electron chi connectivity index (χ2n) is 9.38. The first-order valence-corrected chi connectivity index (χ1v) is 14.6. The molecule has 0 radical (unpaired) electrons. The SMILES string of the molecule is CC1CCCN(S(=O)(=O)c2ccc3c(c2)nc(SCc2cccc(Cl)c2)n3C2CCCC2)C1. The van der Waals surface area contributed by atoms with E-state index in [0.717, 1.165) is 58.2 Å². The van der Waals surface area contributed by atoms with Crippen LogP contribution in [-0.4, -0.2) is 35.4 Å². The van der Waals surface area contributed by atoms with E-state index in [1.165, 1.54) is 12.8 Å². The van der Waals surface area contributed by atoms with E-state index in [1.807, 2.05) is 24.3 Å². The zero-order valence-corrected chi connectivity index (χ0v) is 21.3. The third-order valence-corrected chi connectivity index (χ3v) is 9.95. The van der Waals surface area contributed by atoms with Crippen molar-refractivity contribution < 1.29 is 8.42 Å². The summed E-state index contributed by atoms with van der Waals surface area (Å²) in [5, 5.41) is 1.69. The van der Waals surface area contributed by atoms with Gasteiger partial charge in [-0.15, -0.1) is 0 Å². The van der Waals surface area contributed by atoms with Gasteiger partial charge in [0.1, 0.15) is 0 Å². The van der Waals surface area contributed by atoms with Crippen LogP contribution in [0.3, 0.4) is 0 Å². The highest BCUT2D eigenvalue weighted by atomic mass is 35.5. The predicted octanol–water partition coefficient (Wildman–Crippen LogP) is 6.52. The highest BCUT2D eigenvalue weighted by Gasteiger charge is 2.30. The molecule has 1 atom stereocenters. The fourth-order valence-corrected chi connectivity index (χ4v) is 7.98. The van der Waals surface area contributed by atoms with Crippen LogP contribution >= 0.6 is 23.4 Å². The molecule has 5 rings (SSSR count). The van der Waals surface area contributed by atoms with Gasteiger partial charge < -0.3 is 4.57 Å². The molecule has 1 aliphatic carbocycles. The number of imidazole rings is 1. The van der Waals surface area contributed by atoms with Crippen LogP contribution in [0.2, 0.25) is 5.02 Å². The predicted molar refractivity (Wildman–Crippen MR) is 135 cm³/mol. The molecule has 176 valence electrons. The van der Waals surface area contributed by atoms with Crippen LogP contribution in [0, 0.1) is 5.92 Å². The minimum absolute atomic E-state index is 0.353. The van der Waals surface area contributed by atoms with E-state index in [4.69, 9.17) is 16.6 Å². The first-order valence-electron chi connectivity index (χ1n) is 11.8. The van der Waals surface area contributed by atoms with Gasteiger partial charge in [0.25, 0.3) is 0 Å². The molecule has 1 saturated carbocycles. The number of hydrogen-bond donors (Lipinski definition) is 0. The number of hydrogen-bond acceptors (Lipinski definition) is 4. The zero-order chi connectivity index (χ0) is 23.0. The van der Waals surface area contributed by atoms with Gasteiger partial charge in [0.15, 0.2) is 5.16 Å². The van der Waals surface area contributed by atoms with Crippen molar-refractivity contribution in [2.45, 2.75) is 67.3 Å². The summed E-state index contributed by atoms with van der Waals surface area (Å²) in [6, 6.07) is 13.8. The molecule has 0 spiro atoms. The maximum atomic E-state index is 13.3. The Morgan fingerprint density at radius 3 is 2.67 bits per heavy atom. The average Bonchev–Trinajstić information content (AvgIpc) is 3.44. The maximum absolute atomic E-state index is 13.3. The first-order chi connectivity index (χ1) is 15.9. The number of benzene rings is 2. The third kappa shape index (κ3) is 4.83. The van der Waals surface area contributed by atoms with Crippen molar-refractivity contribution in [3.63, 3.8) is 0 Å². The fourth-order valence-electron chi connectivity index (χ4n) is 5.12. The van der Waals surface area contributed by atoms with E-state index >= 15 is 0 Å². The number of aromatic nitrogens is 2. The van der Waals surface area contributed by atoms with Crippen molar-refractivity contribution in [3.8, 4) is 0 Å². The molecular formula is C25H30ClN3O2S2. The molecule has 2 aliphatic rings. The molecule has 8 heteroatoms. The van der Waals surface area contributed by atoms with Crippen LogP contribution in [0.4, 0.5) is 0 Å². The summed E-state index contributed by atoms with van der Waals surface area (Å²) in [6.07, 6.45) is 6.74. The van der Waals surface area contributed by atoms with Gasteiger partial charge in [0.05, 0.1) is 15.9 Å². The number of piperidine rings is 1. The Morgan fingerprint density at radius 1 is 1.09 bits per heavy atom. The summed E-state index contributed by atoms with van der Waals surface area (Å²) in [4.78, 5) is 5.29. The molecule has 1 unspecified atom stereocenters. The molecule has 3 aromatic rings. The van der Waals surface area contributed by atoms with Crippen molar-refractivity contribution >= 4 is 44.4 Å². The van der Waals surface area contributed by atoms with Gasteiger partial charge in [-0.1, -0.05) is 55.3 Å². The van der Waals surface area contributed by atoms with Crippen LogP contribution in [0.5, 0.6) is 0 Å². The van der Waals surface area contributed by atoms with Crippen molar-refractivity contribution in [1.82, 2.24) is 13.9 Å². The number of halogens is 1. The highest BCUT2D eigenvalue weighted by molar-refractivity contribution is 7.98. The van der Waals surface area contributed by atoms with E-state index in [1.54, 1.807) is 28.2 Å². The van der Waals surface area contributed by atoms with E-state index in [9.17, 15) is 8.42 Å². The molecule has 2 heterocycles. The quantitative estimate of drug-likeness (QED) is 0.359. The van der Waals surface area contributed by atoms with Gasteiger partial charge in [-0.25, -0.2) is 13.4 Å². The Labute approximate surface area is 205 Å². The van der Waals surface area contributed by atoms with Gasteiger partial charge in [-0.05, 0) is 67.5 Å². The molecule has 1 aliphatic heterocycles. The molecule has 2 aromatic carbocycles. The number of thioether (sulfide) groups is 1. The monoisotopic (exact) mass is 503 g/mol. The molecule has 0 amide bonds. The van der Waals surface area contributed by atoms with Gasteiger partial charge in [0, 0.05) is 29.9 Å². The Balaban J connectivity index is 1.49. The van der Waals surface area contributed by atoms with Crippen molar-refractivity contribution in [2.24, 2.45) is 5.92 Å². The number of sulfonamides is 1. The van der Waals surface area contributed by atoms with E-state index < -0.39 is 10.0 Å². The lowest BCUT2D eigenvalue weighted by Crippen LogP contribution is -2.39. The summed E-state index contributed by atoms with van der Waals surface area (Å²) in [6.45, 7) is 3.32. The van der Waals surface area contributed by atoms with Crippen molar-refractivity contribution in [3.05, 3.63) is 53.1 Å².